The van der Waals surface area contributed by atoms with Crippen molar-refractivity contribution in [2.24, 2.45) is 0 Å². The van der Waals surface area contributed by atoms with E-state index in [2.05, 4.69) is 48.9 Å². The van der Waals surface area contributed by atoms with E-state index in [4.69, 9.17) is 0 Å². The van der Waals surface area contributed by atoms with Crippen LogP contribution in [0.3, 0.4) is 0 Å². The van der Waals surface area contributed by atoms with Crippen LogP contribution in [0.1, 0.15) is 18.4 Å². The molecule has 0 amide bonds. The lowest BCUT2D eigenvalue weighted by Crippen LogP contribution is -1.87. The van der Waals surface area contributed by atoms with Crippen LogP contribution in [-0.2, 0) is 0 Å². The van der Waals surface area contributed by atoms with Crippen molar-refractivity contribution in [3.05, 3.63) is 66.1 Å². The fourth-order valence-corrected chi connectivity index (χ4v) is 1.48. The summed E-state index contributed by atoms with van der Waals surface area (Å²) in [5.41, 5.74) is 2.61. The maximum absolute atomic E-state index is 2.28. The summed E-state index contributed by atoms with van der Waals surface area (Å²) >= 11 is 0. The van der Waals surface area contributed by atoms with Crippen molar-refractivity contribution in [1.82, 2.24) is 0 Å². The molecule has 0 heteroatoms. The molecule has 0 aromatic heterocycles. The highest BCUT2D eigenvalue weighted by molar-refractivity contribution is 5.40. The third-order valence-electron chi connectivity index (χ3n) is 2.16. The first-order valence-electron chi connectivity index (χ1n) is 4.72. The van der Waals surface area contributed by atoms with Gasteiger partial charge in [-0.3, -0.25) is 0 Å². The summed E-state index contributed by atoms with van der Waals surface area (Å²) in [5.74, 6) is 0. The Balaban J connectivity index is 2.06. The first-order chi connectivity index (χ1) is 6.45. The second-order valence-corrected chi connectivity index (χ2v) is 3.24. The molecule has 13 heavy (non-hydrogen) atoms. The van der Waals surface area contributed by atoms with Crippen LogP contribution >= 0.6 is 0 Å². The van der Waals surface area contributed by atoms with Gasteiger partial charge in [-0.2, -0.15) is 0 Å². The zero-order valence-corrected chi connectivity index (χ0v) is 7.61. The van der Waals surface area contributed by atoms with Crippen LogP contribution in [0.15, 0.2) is 54.1 Å². The molecule has 2 rings (SSSR count). The molecule has 0 aliphatic heterocycles. The average Bonchev–Trinajstić information content (AvgIpc) is 2.21. The molecule has 0 nitrogen and oxygen atoms in total. The van der Waals surface area contributed by atoms with Crippen molar-refractivity contribution in [3.63, 3.8) is 0 Å². The van der Waals surface area contributed by atoms with Crippen molar-refractivity contribution in [2.45, 2.75) is 12.8 Å². The molecule has 0 N–H and O–H groups in total. The molecule has 0 saturated heterocycles. The van der Waals surface area contributed by atoms with Crippen molar-refractivity contribution in [1.29, 1.82) is 0 Å². The van der Waals surface area contributed by atoms with Gasteiger partial charge in [-0.05, 0) is 24.0 Å². The molecule has 1 aliphatic rings. The fourth-order valence-electron chi connectivity index (χ4n) is 1.48. The molecule has 1 radical (unpaired) electrons. The van der Waals surface area contributed by atoms with E-state index >= 15 is 0 Å². The van der Waals surface area contributed by atoms with Gasteiger partial charge in [0.05, 0.1) is 0 Å². The summed E-state index contributed by atoms with van der Waals surface area (Å²) < 4.78 is 0. The normalized spacial score (nSPS) is 15.5. The monoisotopic (exact) mass is 169 g/mol. The molecule has 1 aliphatic carbocycles. The highest BCUT2D eigenvalue weighted by Crippen LogP contribution is 2.16. The SMILES string of the molecule is [CH](C1=CCCC=C1)c1ccccc1. The van der Waals surface area contributed by atoms with Gasteiger partial charge in [0.1, 0.15) is 0 Å². The maximum Gasteiger partial charge on any atom is 0.0195 e. The van der Waals surface area contributed by atoms with Crippen molar-refractivity contribution < 1.29 is 0 Å². The van der Waals surface area contributed by atoms with Crippen LogP contribution in [0.2, 0.25) is 0 Å². The van der Waals surface area contributed by atoms with E-state index in [1.165, 1.54) is 24.0 Å². The second kappa shape index (κ2) is 4.08. The Hall–Kier alpha value is -1.30. The fraction of sp³-hybridized carbons (Fsp3) is 0.154. The summed E-state index contributed by atoms with van der Waals surface area (Å²) in [7, 11) is 0. The van der Waals surface area contributed by atoms with Gasteiger partial charge in [0.15, 0.2) is 0 Å². The topological polar surface area (TPSA) is 0 Å². The molecule has 0 unspecified atom stereocenters. The predicted molar refractivity (Wildman–Crippen MR) is 56.3 cm³/mol. The zero-order chi connectivity index (χ0) is 8.93. The van der Waals surface area contributed by atoms with Gasteiger partial charge in [0.25, 0.3) is 0 Å². The summed E-state index contributed by atoms with van der Waals surface area (Å²) in [6.07, 6.45) is 11.3. The Morgan fingerprint density at radius 3 is 2.54 bits per heavy atom. The Morgan fingerprint density at radius 1 is 1.00 bits per heavy atom. The van der Waals surface area contributed by atoms with E-state index in [0.717, 1.165) is 0 Å². The molecular weight excluding hydrogens is 156 g/mol. The van der Waals surface area contributed by atoms with Crippen LogP contribution < -0.4 is 0 Å². The molecule has 0 bridgehead atoms. The quantitative estimate of drug-likeness (QED) is 0.635. The Bertz CT molecular complexity index is 317. The first-order valence-corrected chi connectivity index (χ1v) is 4.72. The van der Waals surface area contributed by atoms with Gasteiger partial charge in [-0.15, -0.1) is 0 Å². The highest BCUT2D eigenvalue weighted by atomic mass is 14.0. The molecule has 0 saturated carbocycles. The van der Waals surface area contributed by atoms with Crippen LogP contribution in [0.5, 0.6) is 0 Å². The Morgan fingerprint density at radius 2 is 1.85 bits per heavy atom. The average molecular weight is 169 g/mol. The largest absolute Gasteiger partial charge is 0.0839 e. The van der Waals surface area contributed by atoms with Crippen LogP contribution in [0.4, 0.5) is 0 Å². The number of benzene rings is 1. The molecule has 1 aromatic rings. The molecule has 0 heterocycles. The van der Waals surface area contributed by atoms with Gasteiger partial charge < -0.3 is 0 Å². The third-order valence-corrected chi connectivity index (χ3v) is 2.16. The van der Waals surface area contributed by atoms with E-state index in [1.807, 2.05) is 6.07 Å². The zero-order valence-electron chi connectivity index (χ0n) is 7.61. The lowest BCUT2D eigenvalue weighted by atomic mass is 10.00. The number of rotatable bonds is 2. The number of hydrogen-bond donors (Lipinski definition) is 0. The van der Waals surface area contributed by atoms with E-state index in [1.54, 1.807) is 0 Å². The van der Waals surface area contributed by atoms with Gasteiger partial charge in [-0.1, -0.05) is 48.6 Å². The molecule has 1 aromatic carbocycles. The summed E-state index contributed by atoms with van der Waals surface area (Å²) in [5, 5.41) is 0. The van der Waals surface area contributed by atoms with Crippen LogP contribution in [-0.4, -0.2) is 0 Å². The third kappa shape index (κ3) is 2.32. The summed E-state index contributed by atoms with van der Waals surface area (Å²) in [6.45, 7) is 0. The van der Waals surface area contributed by atoms with Crippen molar-refractivity contribution in [2.75, 3.05) is 0 Å². The smallest absolute Gasteiger partial charge is 0.0195 e. The van der Waals surface area contributed by atoms with E-state index < -0.39 is 0 Å². The predicted octanol–water partition coefficient (Wildman–Crippen LogP) is 3.52. The van der Waals surface area contributed by atoms with E-state index in [0.29, 0.717) is 0 Å². The van der Waals surface area contributed by atoms with Crippen LogP contribution in [0.25, 0.3) is 0 Å². The molecule has 65 valence electrons. The van der Waals surface area contributed by atoms with E-state index in [-0.39, 0.29) is 0 Å². The molecule has 0 spiro atoms. The second-order valence-electron chi connectivity index (χ2n) is 3.24. The standard InChI is InChI=1S/C13H13/c1-3-7-12(8-4-1)11-13-9-5-2-6-10-13/h1,3-5,7-11H,2,6H2. The first kappa shape index (κ1) is 8.31. The van der Waals surface area contributed by atoms with Crippen molar-refractivity contribution in [3.8, 4) is 0 Å². The lowest BCUT2D eigenvalue weighted by Gasteiger charge is -2.05. The molecular formula is C13H13. The van der Waals surface area contributed by atoms with Crippen LogP contribution in [0, 0.1) is 6.42 Å². The Labute approximate surface area is 79.6 Å². The highest BCUT2D eigenvalue weighted by Gasteiger charge is 1.98. The number of hydrogen-bond acceptors (Lipinski definition) is 0. The molecule has 0 atom stereocenters. The minimum absolute atomic E-state index is 1.18. The lowest BCUT2D eigenvalue weighted by molar-refractivity contribution is 1.02. The minimum atomic E-state index is 1.18. The maximum atomic E-state index is 2.28. The summed E-state index contributed by atoms with van der Waals surface area (Å²) in [4.78, 5) is 0. The molecule has 0 fully saturated rings. The van der Waals surface area contributed by atoms with Gasteiger partial charge in [0.2, 0.25) is 0 Å². The Kier molecular flexibility index (Phi) is 2.61. The van der Waals surface area contributed by atoms with E-state index in [9.17, 15) is 0 Å². The van der Waals surface area contributed by atoms with Gasteiger partial charge >= 0.3 is 0 Å². The number of allylic oxidation sites excluding steroid dienone is 4. The summed E-state index contributed by atoms with van der Waals surface area (Å²) in [6, 6.07) is 10.4. The van der Waals surface area contributed by atoms with Gasteiger partial charge in [0, 0.05) is 6.42 Å². The minimum Gasteiger partial charge on any atom is -0.0839 e. The van der Waals surface area contributed by atoms with Gasteiger partial charge in [-0.25, -0.2) is 0 Å². The van der Waals surface area contributed by atoms with Crippen molar-refractivity contribution >= 4 is 0 Å².